The van der Waals surface area contributed by atoms with Crippen molar-refractivity contribution in [3.05, 3.63) is 93.5 Å². The van der Waals surface area contributed by atoms with Crippen molar-refractivity contribution in [3.8, 4) is 5.75 Å². The second kappa shape index (κ2) is 9.00. The number of rotatable bonds is 4. The molecule has 5 nitrogen and oxygen atoms in total. The molecule has 0 saturated carbocycles. The summed E-state index contributed by atoms with van der Waals surface area (Å²) in [6.07, 6.45) is -0.614. The lowest BCUT2D eigenvalue weighted by molar-refractivity contribution is -0.138. The first-order chi connectivity index (χ1) is 14.9. The van der Waals surface area contributed by atoms with Crippen molar-refractivity contribution in [1.29, 1.82) is 0 Å². The van der Waals surface area contributed by atoms with E-state index in [1.54, 1.807) is 60.4 Å². The van der Waals surface area contributed by atoms with Gasteiger partial charge in [-0.2, -0.15) is 0 Å². The van der Waals surface area contributed by atoms with Crippen LogP contribution in [0, 0.1) is 0 Å². The highest BCUT2D eigenvalue weighted by atomic mass is 35.5. The average molecular weight is 455 g/mol. The smallest absolute Gasteiger partial charge is 0.263 e. The maximum atomic E-state index is 12.9. The Morgan fingerprint density at radius 2 is 1.84 bits per heavy atom. The quantitative estimate of drug-likeness (QED) is 0.561. The number of fused-ring (bicyclic) bond motifs is 1. The Morgan fingerprint density at radius 3 is 2.58 bits per heavy atom. The van der Waals surface area contributed by atoms with Gasteiger partial charge in [-0.1, -0.05) is 47.5 Å². The summed E-state index contributed by atoms with van der Waals surface area (Å²) in [7, 11) is 0. The van der Waals surface area contributed by atoms with E-state index in [0.717, 1.165) is 11.1 Å². The molecule has 0 saturated heterocycles. The molecule has 0 radical (unpaired) electrons. The van der Waals surface area contributed by atoms with Crippen LogP contribution in [0.15, 0.2) is 66.7 Å². The predicted octanol–water partition coefficient (Wildman–Crippen LogP) is 5.56. The number of hydrogen-bond donors (Lipinski definition) is 1. The van der Waals surface area contributed by atoms with Crippen molar-refractivity contribution in [3.63, 3.8) is 0 Å². The van der Waals surface area contributed by atoms with Gasteiger partial charge in [-0.05, 0) is 55.0 Å². The third kappa shape index (κ3) is 4.84. The molecule has 0 aliphatic carbocycles. The first-order valence-corrected chi connectivity index (χ1v) is 10.5. The van der Waals surface area contributed by atoms with Gasteiger partial charge >= 0.3 is 0 Å². The van der Waals surface area contributed by atoms with Crippen LogP contribution in [-0.4, -0.2) is 22.8 Å². The Bertz CT molecular complexity index is 1130. The summed E-state index contributed by atoms with van der Waals surface area (Å²) in [5.74, 6) is 0.213. The van der Waals surface area contributed by atoms with Gasteiger partial charge in [-0.15, -0.1) is 0 Å². The third-order valence-electron chi connectivity index (χ3n) is 5.05. The van der Waals surface area contributed by atoms with Gasteiger partial charge in [0.2, 0.25) is 0 Å². The van der Waals surface area contributed by atoms with E-state index in [-0.39, 0.29) is 11.8 Å². The van der Waals surface area contributed by atoms with E-state index < -0.39 is 6.10 Å². The Labute approximate surface area is 190 Å². The zero-order valence-corrected chi connectivity index (χ0v) is 18.3. The van der Waals surface area contributed by atoms with Gasteiger partial charge in [0, 0.05) is 29.4 Å². The lowest BCUT2D eigenvalue weighted by Crippen LogP contribution is -2.37. The highest BCUT2D eigenvalue weighted by Crippen LogP contribution is 2.30. The monoisotopic (exact) mass is 454 g/mol. The molecule has 4 rings (SSSR count). The number of ether oxygens (including phenoxy) is 1. The predicted molar refractivity (Wildman–Crippen MR) is 122 cm³/mol. The number of benzene rings is 3. The summed E-state index contributed by atoms with van der Waals surface area (Å²) in [5.41, 5.74) is 2.77. The zero-order valence-electron chi connectivity index (χ0n) is 16.8. The fraction of sp³-hybridized carbons (Fsp3) is 0.167. The molecule has 3 aromatic rings. The maximum absolute atomic E-state index is 12.9. The van der Waals surface area contributed by atoms with Crippen LogP contribution >= 0.6 is 23.2 Å². The summed E-state index contributed by atoms with van der Waals surface area (Å²) in [5, 5.41) is 3.89. The molecular weight excluding hydrogens is 435 g/mol. The Kier molecular flexibility index (Phi) is 6.16. The molecule has 0 aromatic heterocycles. The van der Waals surface area contributed by atoms with Gasteiger partial charge < -0.3 is 15.0 Å². The second-order valence-electron chi connectivity index (χ2n) is 7.34. The van der Waals surface area contributed by atoms with Gasteiger partial charge in [0.15, 0.2) is 6.10 Å². The van der Waals surface area contributed by atoms with E-state index in [1.165, 1.54) is 0 Å². The minimum atomic E-state index is -0.614. The number of nitrogens with one attached hydrogen (secondary N) is 1. The number of hydrogen-bond acceptors (Lipinski definition) is 3. The first kappa shape index (κ1) is 21.2. The fourth-order valence-electron chi connectivity index (χ4n) is 3.47. The van der Waals surface area contributed by atoms with Crippen LogP contribution in [0.4, 0.5) is 5.69 Å². The van der Waals surface area contributed by atoms with Gasteiger partial charge in [0.1, 0.15) is 5.75 Å². The number of carbonyl (C=O) groups excluding carboxylic acids is 2. The second-order valence-corrected chi connectivity index (χ2v) is 8.18. The number of carbonyl (C=O) groups is 2. The van der Waals surface area contributed by atoms with Crippen molar-refractivity contribution in [2.45, 2.75) is 26.1 Å². The Morgan fingerprint density at radius 1 is 1.10 bits per heavy atom. The van der Waals surface area contributed by atoms with Crippen LogP contribution in [0.3, 0.4) is 0 Å². The summed E-state index contributed by atoms with van der Waals surface area (Å²) in [6.45, 7) is 2.52. The average Bonchev–Trinajstić information content (AvgIpc) is 2.86. The summed E-state index contributed by atoms with van der Waals surface area (Å²) in [6, 6.07) is 19.6. The highest BCUT2D eigenvalue weighted by molar-refractivity contribution is 6.34. The summed E-state index contributed by atoms with van der Waals surface area (Å²) >= 11 is 12.1. The van der Waals surface area contributed by atoms with Gasteiger partial charge in [-0.25, -0.2) is 0 Å². The molecule has 0 unspecified atom stereocenters. The van der Waals surface area contributed by atoms with E-state index >= 15 is 0 Å². The number of amides is 2. The van der Waals surface area contributed by atoms with Crippen LogP contribution in [0.2, 0.25) is 10.0 Å². The summed E-state index contributed by atoms with van der Waals surface area (Å²) < 4.78 is 5.87. The first-order valence-electron chi connectivity index (χ1n) is 9.79. The minimum Gasteiger partial charge on any atom is -0.481 e. The summed E-state index contributed by atoms with van der Waals surface area (Å²) in [4.78, 5) is 27.2. The van der Waals surface area contributed by atoms with Crippen molar-refractivity contribution >= 4 is 40.7 Å². The molecule has 0 fully saturated rings. The molecule has 1 N–H and O–H groups in total. The molecule has 0 spiro atoms. The van der Waals surface area contributed by atoms with Crippen LogP contribution in [0.5, 0.6) is 5.75 Å². The van der Waals surface area contributed by atoms with Crippen LogP contribution in [-0.2, 0) is 17.9 Å². The molecule has 7 heteroatoms. The van der Waals surface area contributed by atoms with Gasteiger partial charge in [-0.3, -0.25) is 9.59 Å². The highest BCUT2D eigenvalue weighted by Gasteiger charge is 2.28. The maximum Gasteiger partial charge on any atom is 0.263 e. The minimum absolute atomic E-state index is 0.104. The van der Waals surface area contributed by atoms with E-state index in [2.05, 4.69) is 5.32 Å². The van der Waals surface area contributed by atoms with E-state index in [9.17, 15) is 9.59 Å². The van der Waals surface area contributed by atoms with E-state index in [0.29, 0.717) is 40.1 Å². The number of halogens is 2. The number of nitrogens with zero attached hydrogens (tertiary/aromatic N) is 1. The molecule has 31 heavy (non-hydrogen) atoms. The van der Waals surface area contributed by atoms with Crippen LogP contribution in [0.25, 0.3) is 0 Å². The zero-order chi connectivity index (χ0) is 22.0. The van der Waals surface area contributed by atoms with Gasteiger partial charge in [0.05, 0.1) is 10.6 Å². The van der Waals surface area contributed by atoms with Crippen molar-refractivity contribution in [1.82, 2.24) is 4.90 Å². The molecule has 1 heterocycles. The van der Waals surface area contributed by atoms with Crippen LogP contribution < -0.4 is 10.1 Å². The van der Waals surface area contributed by atoms with Gasteiger partial charge in [0.25, 0.3) is 11.8 Å². The molecule has 1 aliphatic heterocycles. The van der Waals surface area contributed by atoms with E-state index in [4.69, 9.17) is 27.9 Å². The SMILES string of the molecule is C[C@H]1Oc2ccc(NC(=O)c3ccccc3Cl)cc2CN(Cc2ccc(Cl)cc2)C1=O. The molecule has 1 atom stereocenters. The van der Waals surface area contributed by atoms with Crippen molar-refractivity contribution in [2.24, 2.45) is 0 Å². The largest absolute Gasteiger partial charge is 0.481 e. The lowest BCUT2D eigenvalue weighted by atomic mass is 10.1. The van der Waals surface area contributed by atoms with E-state index in [1.807, 2.05) is 18.2 Å². The fourth-order valence-corrected chi connectivity index (χ4v) is 3.81. The normalized spacial score (nSPS) is 15.6. The molecule has 3 aromatic carbocycles. The van der Waals surface area contributed by atoms with Crippen molar-refractivity contribution in [2.75, 3.05) is 5.32 Å². The molecule has 2 amide bonds. The molecule has 158 valence electrons. The number of anilines is 1. The lowest BCUT2D eigenvalue weighted by Gasteiger charge is -2.22. The standard InChI is InChI=1S/C24H20Cl2N2O3/c1-15-24(30)28(13-16-6-8-18(25)9-7-16)14-17-12-19(10-11-22(17)31-15)27-23(29)20-4-2-3-5-21(20)26/h2-12,15H,13-14H2,1H3,(H,27,29)/t15-/m1/s1. The van der Waals surface area contributed by atoms with Crippen LogP contribution in [0.1, 0.15) is 28.4 Å². The topological polar surface area (TPSA) is 58.6 Å². The molecular formula is C24H20Cl2N2O3. The molecule has 0 bridgehead atoms. The molecule has 1 aliphatic rings. The Hall–Kier alpha value is -3.02. The van der Waals surface area contributed by atoms with Crippen molar-refractivity contribution < 1.29 is 14.3 Å². The Balaban J connectivity index is 1.57. The third-order valence-corrected chi connectivity index (χ3v) is 5.63.